The predicted octanol–water partition coefficient (Wildman–Crippen LogP) is -0.388. The summed E-state index contributed by atoms with van der Waals surface area (Å²) >= 11 is 7.33. The van der Waals surface area contributed by atoms with Crippen LogP contribution in [0.25, 0.3) is 0 Å². The first-order valence-corrected chi connectivity index (χ1v) is 1.50. The Morgan fingerprint density at radius 1 is 1.00 bits per heavy atom. The Morgan fingerprint density at radius 3 is 1.00 bits per heavy atom. The topological polar surface area (TPSA) is 0 Å². The molecule has 0 aliphatic heterocycles. The fourth-order valence-electron chi connectivity index (χ4n) is 0. The van der Waals surface area contributed by atoms with E-state index >= 15 is 0 Å². The molecule has 0 spiro atoms. The van der Waals surface area contributed by atoms with E-state index in [9.17, 15) is 0 Å². The van der Waals surface area contributed by atoms with Crippen LogP contribution in [-0.4, -0.2) is 25.8 Å². The monoisotopic (exact) mass is 242 g/mol. The Morgan fingerprint density at radius 2 is 1.00 bits per heavy atom. The Hall–Kier alpha value is 1.83. The van der Waals surface area contributed by atoms with Crippen molar-refractivity contribution in [3.05, 3.63) is 0 Å². The Bertz CT molecular complexity index is 6.00. The molecule has 0 heterocycles. The summed E-state index contributed by atoms with van der Waals surface area (Å²) in [5.41, 5.74) is 0. The van der Waals surface area contributed by atoms with Gasteiger partial charge < -0.3 is 0 Å². The minimum Gasteiger partial charge on any atom is 0 e. The van der Waals surface area contributed by atoms with Crippen LogP contribution in [-0.2, 0) is 39.4 Å². The van der Waals surface area contributed by atoms with Gasteiger partial charge in [0.05, 0.1) is 0 Å². The molecule has 0 N–H and O–H groups in total. The van der Waals surface area contributed by atoms with Crippen LogP contribution in [0.2, 0.25) is 0 Å². The molecule has 0 aromatic rings. The van der Waals surface area contributed by atoms with Gasteiger partial charge in [-0.2, -0.15) is 0 Å². The largest absolute Gasteiger partial charge is 0 e. The Labute approximate surface area is 64.6 Å². The molecule has 0 aliphatic rings. The third-order valence-electron chi connectivity index (χ3n) is 0. The molecule has 0 atom stereocenters. The average molecular weight is 242 g/mol. The third-order valence-corrected chi connectivity index (χ3v) is 0. The van der Waals surface area contributed by atoms with E-state index in [0.29, 0.717) is 0 Å². The van der Waals surface area contributed by atoms with Gasteiger partial charge in [-0.05, 0) is 0 Å². The summed E-state index contributed by atoms with van der Waals surface area (Å²) in [6.45, 7) is 0. The van der Waals surface area contributed by atoms with Gasteiger partial charge in [0, 0.05) is 65.3 Å². The quantitative estimate of drug-likeness (QED) is 0.531. The van der Waals surface area contributed by atoms with Crippen molar-refractivity contribution in [2.45, 2.75) is 0 Å². The van der Waals surface area contributed by atoms with Gasteiger partial charge in [0.2, 0.25) is 0 Å². The molecule has 0 bridgehead atoms. The van der Waals surface area contributed by atoms with Crippen LogP contribution in [0.15, 0.2) is 0 Å². The molecule has 0 saturated carbocycles. The van der Waals surface area contributed by atoms with E-state index in [1.54, 1.807) is 0 Å². The van der Waals surface area contributed by atoms with Crippen LogP contribution in [0, 0.1) is 0 Å². The summed E-state index contributed by atoms with van der Waals surface area (Å²) in [6.07, 6.45) is 0. The number of rotatable bonds is 0. The molecule has 0 aromatic heterocycles. The first-order chi connectivity index (χ1) is 1.00. The standard InChI is InChI=1S/Cu.In.S2/c;;1-2. The maximum Gasteiger partial charge on any atom is 0 e. The molecule has 0 aromatic carbocycles. The summed E-state index contributed by atoms with van der Waals surface area (Å²) in [7, 11) is 0. The van der Waals surface area contributed by atoms with E-state index in [1.807, 2.05) is 0 Å². The summed E-state index contributed by atoms with van der Waals surface area (Å²) in [5.74, 6) is 0. The van der Waals surface area contributed by atoms with Crippen LogP contribution in [0.4, 0.5) is 0 Å². The van der Waals surface area contributed by atoms with Crippen LogP contribution in [0.3, 0.4) is 0 Å². The van der Waals surface area contributed by atoms with Crippen molar-refractivity contribution in [3.8, 4) is 0 Å². The van der Waals surface area contributed by atoms with Gasteiger partial charge in [-0.3, -0.25) is 0 Å². The van der Waals surface area contributed by atoms with Gasteiger partial charge in [0.1, 0.15) is 0 Å². The second kappa shape index (κ2) is 21.2. The first-order valence-electron chi connectivity index (χ1n) is 0.167. The zero-order chi connectivity index (χ0) is 2.00. The molecule has 4 heteroatoms. The van der Waals surface area contributed by atoms with Crippen molar-refractivity contribution >= 4 is 48.2 Å². The van der Waals surface area contributed by atoms with Crippen molar-refractivity contribution in [1.82, 2.24) is 0 Å². The first kappa shape index (κ1) is 17.0. The predicted molar refractivity (Wildman–Crippen MR) is 20.5 cm³/mol. The van der Waals surface area contributed by atoms with Crippen molar-refractivity contribution in [3.63, 3.8) is 0 Å². The summed E-state index contributed by atoms with van der Waals surface area (Å²) in [6, 6.07) is 0. The normalized spacial score (nSPS) is 1.00. The molecule has 26 valence electrons. The van der Waals surface area contributed by atoms with Gasteiger partial charge in [0.25, 0.3) is 0 Å². The second-order valence-corrected chi connectivity index (χ2v) is 0. The van der Waals surface area contributed by atoms with Gasteiger partial charge in [-0.1, -0.05) is 0 Å². The molecule has 0 unspecified atom stereocenters. The summed E-state index contributed by atoms with van der Waals surface area (Å²) < 4.78 is 0. The van der Waals surface area contributed by atoms with Crippen LogP contribution >= 0.6 is 0 Å². The van der Waals surface area contributed by atoms with E-state index < -0.39 is 0 Å². The minimum atomic E-state index is 0. The second-order valence-electron chi connectivity index (χ2n) is 0. The molecule has 0 rings (SSSR count). The van der Waals surface area contributed by atoms with E-state index in [1.165, 1.54) is 0 Å². The van der Waals surface area contributed by atoms with E-state index in [2.05, 4.69) is 22.4 Å². The van der Waals surface area contributed by atoms with Crippen LogP contribution < -0.4 is 0 Å². The van der Waals surface area contributed by atoms with Crippen LogP contribution in [0.1, 0.15) is 0 Å². The van der Waals surface area contributed by atoms with Crippen molar-refractivity contribution in [2.24, 2.45) is 0 Å². The maximum atomic E-state index is 3.67. The minimum absolute atomic E-state index is 0. The maximum absolute atomic E-state index is 3.67. The number of hydrogen-bond acceptors (Lipinski definition) is 2. The van der Waals surface area contributed by atoms with Gasteiger partial charge in [-0.15, -0.1) is 0 Å². The fraction of sp³-hybridized carbons (Fsp3) is 0. The molecule has 4 radical (unpaired) electrons. The SMILES string of the molecule is S=S.[Cu].[In]. The third kappa shape index (κ3) is 9.16. The molecule has 4 heavy (non-hydrogen) atoms. The summed E-state index contributed by atoms with van der Waals surface area (Å²) in [5, 5.41) is 0. The van der Waals surface area contributed by atoms with Gasteiger partial charge in [0.15, 0.2) is 0 Å². The molecular formula is CuInS2. The molecule has 0 amide bonds. The smallest absolute Gasteiger partial charge is 0 e. The van der Waals surface area contributed by atoms with Gasteiger partial charge >= 0.3 is 0 Å². The number of hydrogen-bond donors (Lipinski definition) is 0. The van der Waals surface area contributed by atoms with E-state index in [0.717, 1.165) is 0 Å². The Balaban J connectivity index is -0.00000000500. The molecule has 0 nitrogen and oxygen atoms in total. The van der Waals surface area contributed by atoms with Crippen molar-refractivity contribution in [2.75, 3.05) is 0 Å². The molecular weight excluding hydrogens is 242 g/mol. The van der Waals surface area contributed by atoms with Gasteiger partial charge in [-0.25, -0.2) is 0 Å². The zero-order valence-corrected chi connectivity index (χ0v) is 7.57. The molecule has 0 aliphatic carbocycles. The van der Waals surface area contributed by atoms with Crippen LogP contribution in [0.5, 0.6) is 0 Å². The zero-order valence-electron chi connectivity index (χ0n) is 1.70. The van der Waals surface area contributed by atoms with Crippen molar-refractivity contribution < 1.29 is 17.1 Å². The molecule has 0 fully saturated rings. The van der Waals surface area contributed by atoms with Crippen molar-refractivity contribution in [1.29, 1.82) is 0 Å². The Kier molecular flexibility index (Phi) is 89.8. The van der Waals surface area contributed by atoms with E-state index in [-0.39, 0.29) is 42.9 Å². The molecule has 0 saturated heterocycles. The summed E-state index contributed by atoms with van der Waals surface area (Å²) in [4.78, 5) is 0. The fourth-order valence-corrected chi connectivity index (χ4v) is 0. The van der Waals surface area contributed by atoms with E-state index in [4.69, 9.17) is 0 Å². The average Bonchev–Trinajstić information content (AvgIpc) is 1.00.